The molecule has 3 aliphatic carbocycles. The summed E-state index contributed by atoms with van der Waals surface area (Å²) in [5.74, 6) is -4.92. The number of phenolic OH excluding ortho intramolecular Hbond substituents is 2. The topological polar surface area (TPSA) is 401 Å². The van der Waals surface area contributed by atoms with Crippen LogP contribution < -0.4 is 53.1 Å². The van der Waals surface area contributed by atoms with Gasteiger partial charge >= 0.3 is 37.7 Å². The fraction of sp³-hybridized carbons (Fsp3) is 0.0588. The van der Waals surface area contributed by atoms with E-state index < -0.39 is 117 Å². The molecule has 0 atom stereocenters. The molecule has 0 saturated carbocycles. The number of nitrogens with zero attached hydrogens (tertiary/aromatic N) is 5. The van der Waals surface area contributed by atoms with Crippen LogP contribution >= 0.6 is 0 Å². The number of nitrogens with one attached hydrogen (secondary N) is 1. The van der Waals surface area contributed by atoms with Crippen molar-refractivity contribution >= 4 is 98.4 Å². The van der Waals surface area contributed by atoms with Crippen LogP contribution in [0.2, 0.25) is 0 Å². The number of aromatic hydroxyl groups is 2. The van der Waals surface area contributed by atoms with Gasteiger partial charge in [0.1, 0.15) is 59.6 Å². The molecule has 0 radical (unpaired) electrons. The quantitative estimate of drug-likeness (QED) is 0.0456. The first-order valence-electron chi connectivity index (χ1n) is 16.6. The number of hydrogen-bond donors (Lipinski definition) is 6. The summed E-state index contributed by atoms with van der Waals surface area (Å²) in [6.07, 6.45) is 4.79. The number of hydrogen-bond acceptors (Lipinski definition) is 23. The number of rotatable bonds is 11. The number of phenols is 2. The number of methoxy groups -OCH3 is 2. The van der Waals surface area contributed by atoms with E-state index in [1.165, 1.54) is 50.6 Å². The number of carbonyl (C=O) groups excluding carboxylic acids is 2. The first-order chi connectivity index (χ1) is 29.2. The predicted molar refractivity (Wildman–Crippen MR) is 215 cm³/mol. The number of benzene rings is 3. The number of Topliss-reactive ketones (excluding diaryl/α,β-unsaturated/α-hetero) is 2. The predicted octanol–water partition coefficient (Wildman–Crippen LogP) is -4.61. The maximum absolute atomic E-state index is 13.3. The van der Waals surface area contributed by atoms with E-state index >= 15 is 0 Å². The molecule has 0 heterocycles. The van der Waals surface area contributed by atoms with Crippen LogP contribution in [0.1, 0.15) is 31.8 Å². The minimum atomic E-state index is -5.48. The molecule has 0 aliphatic heterocycles. The number of ether oxygens (including phenoxy) is 2. The molecule has 0 fully saturated rings. The Labute approximate surface area is 390 Å². The first kappa shape index (κ1) is 51.9. The zero-order valence-electron chi connectivity index (χ0n) is 33.2. The van der Waals surface area contributed by atoms with E-state index in [0.29, 0.717) is 41.6 Å². The third-order valence-corrected chi connectivity index (χ3v) is 12.0. The maximum atomic E-state index is 13.3. The molecule has 0 saturated heterocycles. The van der Waals surface area contributed by atoms with Crippen LogP contribution in [-0.2, 0) is 45.2 Å². The molecular formula is C34H24Li2N6O19S4. The Hall–Kier alpha value is -5.77. The van der Waals surface area contributed by atoms with Gasteiger partial charge in [0.15, 0.2) is 5.71 Å². The number of carbonyl (C=O) groups is 2. The SMILES string of the molecule is COC1=CC(=NN(O)c2ccc(NN=C3C(=O)c4c(O)cc(S(=O)(=O)O)cc4C=C3S(=O)(=O)[O-])c(OC)c2)C=CC1=NN=C1C(=O)c2c(O)cc(S(=O)(=O)[O-])cc2C=C1S(=O)(=O)O.[Li+].[Li+]. The van der Waals surface area contributed by atoms with Crippen molar-refractivity contribution in [3.05, 3.63) is 98.5 Å². The summed E-state index contributed by atoms with van der Waals surface area (Å²) in [4.78, 5) is 22.3. The van der Waals surface area contributed by atoms with Gasteiger partial charge in [-0.2, -0.15) is 21.9 Å². The average molecular weight is 963 g/mol. The summed E-state index contributed by atoms with van der Waals surface area (Å²) in [6, 6.07) is 5.86. The molecule has 6 N–H and O–H groups in total. The van der Waals surface area contributed by atoms with Crippen LogP contribution in [0.15, 0.2) is 106 Å². The second-order valence-electron chi connectivity index (χ2n) is 12.6. The number of allylic oxidation sites excluding steroid dienone is 5. The molecule has 65 heavy (non-hydrogen) atoms. The molecule has 3 aliphatic rings. The van der Waals surface area contributed by atoms with Gasteiger partial charge in [0.25, 0.3) is 20.2 Å². The standard InChI is InChI=1S/C34H26N6O19S4.2Li/c1-58-25-11-17(3-5-21(25)35-37-31-27(62(52,53)54)9-15-7-19(60(46,47)48)13-23(41)29(15)33(31)43)39-40(45)18-4-6-22(26(12-18)59-2)36-38-32-28(63(55,56)57)10-16-8-20(61(49,50)51)14-24(42)30(16)34(32)44;;/h3-14,36,41-42,45H,1-2H3,(H,46,47,48)(H,49,50,51)(H,52,53,54)(H,55,56,57);;/q;2*+1/p-2. The second kappa shape index (κ2) is 19.0. The minimum absolute atomic E-state index is 0. The van der Waals surface area contributed by atoms with Crippen LogP contribution in [0, 0.1) is 0 Å². The molecular weight excluding hydrogens is 939 g/mol. The Morgan fingerprint density at radius 1 is 0.677 bits per heavy atom. The second-order valence-corrected chi connectivity index (χ2v) is 18.1. The Balaban J connectivity index is 0.00000462. The summed E-state index contributed by atoms with van der Waals surface area (Å²) in [5, 5.41) is 47.1. The van der Waals surface area contributed by atoms with Crippen LogP contribution in [0.3, 0.4) is 0 Å². The molecule has 6 rings (SSSR count). The summed E-state index contributed by atoms with van der Waals surface area (Å²) in [7, 11) is -18.5. The number of fused-ring (bicyclic) bond motifs is 2. The van der Waals surface area contributed by atoms with Crippen LogP contribution in [0.4, 0.5) is 11.4 Å². The zero-order chi connectivity index (χ0) is 46.6. The molecule has 330 valence electrons. The Kier molecular flexibility index (Phi) is 15.2. The van der Waals surface area contributed by atoms with Gasteiger partial charge in [-0.15, -0.1) is 20.5 Å². The normalized spacial score (nSPS) is 17.6. The summed E-state index contributed by atoms with van der Waals surface area (Å²) in [5.41, 5.74) is -2.46. The Morgan fingerprint density at radius 3 is 1.78 bits per heavy atom. The minimum Gasteiger partial charge on any atom is -0.744 e. The van der Waals surface area contributed by atoms with Crippen molar-refractivity contribution in [1.82, 2.24) is 0 Å². The number of hydrazone groups is 2. The molecule has 0 spiro atoms. The van der Waals surface area contributed by atoms with Gasteiger partial charge in [-0.25, -0.2) is 16.8 Å². The molecule has 3 aromatic carbocycles. The average Bonchev–Trinajstić information content (AvgIpc) is 3.18. The van der Waals surface area contributed by atoms with Crippen LogP contribution in [0.5, 0.6) is 17.2 Å². The number of anilines is 2. The number of ketones is 2. The van der Waals surface area contributed by atoms with E-state index in [1.54, 1.807) is 0 Å². The first-order valence-corrected chi connectivity index (χ1v) is 22.3. The van der Waals surface area contributed by atoms with Gasteiger partial charge in [-0.05, 0) is 65.8 Å². The largest absolute Gasteiger partial charge is 1.00 e. The molecule has 3 aromatic rings. The van der Waals surface area contributed by atoms with Crippen molar-refractivity contribution in [1.29, 1.82) is 0 Å². The molecule has 0 unspecified atom stereocenters. The van der Waals surface area contributed by atoms with E-state index in [9.17, 15) is 76.9 Å². The van der Waals surface area contributed by atoms with Crippen LogP contribution in [-0.4, -0.2) is 116 Å². The zero-order valence-corrected chi connectivity index (χ0v) is 36.5. The monoisotopic (exact) mass is 962 g/mol. The van der Waals surface area contributed by atoms with Crippen molar-refractivity contribution in [3.8, 4) is 17.2 Å². The summed E-state index contributed by atoms with van der Waals surface area (Å²) < 4.78 is 148. The van der Waals surface area contributed by atoms with Crippen LogP contribution in [0.25, 0.3) is 12.2 Å². The van der Waals surface area contributed by atoms with Crippen molar-refractivity contribution in [2.24, 2.45) is 20.4 Å². The Morgan fingerprint density at radius 2 is 1.25 bits per heavy atom. The Bertz CT molecular complexity index is 3310. The molecule has 0 aromatic heterocycles. The van der Waals surface area contributed by atoms with E-state index in [1.807, 2.05) is 0 Å². The molecule has 25 nitrogen and oxygen atoms in total. The van der Waals surface area contributed by atoms with Gasteiger partial charge in [0.2, 0.25) is 11.6 Å². The van der Waals surface area contributed by atoms with Crippen molar-refractivity contribution in [2.75, 3.05) is 24.8 Å². The van der Waals surface area contributed by atoms with E-state index in [2.05, 4.69) is 25.8 Å². The summed E-state index contributed by atoms with van der Waals surface area (Å²) in [6.45, 7) is 0. The third kappa shape index (κ3) is 10.9. The van der Waals surface area contributed by atoms with E-state index in [0.717, 1.165) is 0 Å². The van der Waals surface area contributed by atoms with E-state index in [-0.39, 0.29) is 72.0 Å². The van der Waals surface area contributed by atoms with Gasteiger partial charge in [0.05, 0.1) is 57.1 Å². The summed E-state index contributed by atoms with van der Waals surface area (Å²) >= 11 is 0. The van der Waals surface area contributed by atoms with Crippen molar-refractivity contribution in [3.63, 3.8) is 0 Å². The smallest absolute Gasteiger partial charge is 0.744 e. The van der Waals surface area contributed by atoms with Crippen molar-refractivity contribution < 1.29 is 124 Å². The van der Waals surface area contributed by atoms with Crippen molar-refractivity contribution in [2.45, 2.75) is 9.79 Å². The molecule has 0 amide bonds. The molecule has 31 heteroatoms. The van der Waals surface area contributed by atoms with Gasteiger partial charge in [-0.3, -0.25) is 29.3 Å². The van der Waals surface area contributed by atoms with Gasteiger partial charge < -0.3 is 28.8 Å². The van der Waals surface area contributed by atoms with Gasteiger partial charge in [-0.1, -0.05) is 0 Å². The maximum Gasteiger partial charge on any atom is 1.00 e. The third-order valence-electron chi connectivity index (χ3n) is 8.64. The molecule has 0 bridgehead atoms. The fourth-order valence-corrected chi connectivity index (χ4v) is 8.19. The van der Waals surface area contributed by atoms with E-state index in [4.69, 9.17) is 9.47 Å². The van der Waals surface area contributed by atoms with Gasteiger partial charge in [0, 0.05) is 18.2 Å². The fourth-order valence-electron chi connectivity index (χ4n) is 5.82.